The molecule has 23 heavy (non-hydrogen) atoms. The third-order valence-corrected chi connectivity index (χ3v) is 4.73. The van der Waals surface area contributed by atoms with Gasteiger partial charge >= 0.3 is 0 Å². The van der Waals surface area contributed by atoms with E-state index in [0.29, 0.717) is 28.8 Å². The number of sulfonamides is 1. The van der Waals surface area contributed by atoms with E-state index in [4.69, 9.17) is 27.7 Å². The van der Waals surface area contributed by atoms with E-state index in [2.05, 4.69) is 9.97 Å². The molecule has 0 amide bonds. The van der Waals surface area contributed by atoms with Crippen molar-refractivity contribution in [2.45, 2.75) is 24.7 Å². The molecule has 0 aliphatic heterocycles. The van der Waals surface area contributed by atoms with E-state index in [1.807, 2.05) is 6.07 Å². The van der Waals surface area contributed by atoms with Crippen LogP contribution >= 0.6 is 11.6 Å². The normalized spacial score (nSPS) is 11.2. The molecule has 0 radical (unpaired) electrons. The Kier molecular flexibility index (Phi) is 4.85. The van der Waals surface area contributed by atoms with Gasteiger partial charge in [-0.3, -0.25) is 0 Å². The van der Waals surface area contributed by atoms with E-state index in [1.54, 1.807) is 13.0 Å². The highest BCUT2D eigenvalue weighted by molar-refractivity contribution is 7.89. The van der Waals surface area contributed by atoms with Gasteiger partial charge in [-0.25, -0.2) is 23.5 Å². The summed E-state index contributed by atoms with van der Waals surface area (Å²) in [5, 5.41) is 14.0. The molecule has 0 unspecified atom stereocenters. The molecule has 0 fully saturated rings. The second-order valence-electron chi connectivity index (χ2n) is 4.88. The molecule has 0 atom stereocenters. The molecule has 7 nitrogen and oxygen atoms in total. The first-order valence-electron chi connectivity index (χ1n) is 6.55. The lowest BCUT2D eigenvalue weighted by Gasteiger charge is -2.12. The van der Waals surface area contributed by atoms with Crippen LogP contribution < -0.4 is 10.9 Å². The predicted molar refractivity (Wildman–Crippen MR) is 86.9 cm³/mol. The predicted octanol–water partition coefficient (Wildman–Crippen LogP) is 1.79. The number of nitriles is 1. The maximum Gasteiger partial charge on any atom is 0.239 e. The monoisotopic (exact) mass is 351 g/mol. The number of hydrogen-bond donors (Lipinski definition) is 2. The van der Waals surface area contributed by atoms with Gasteiger partial charge in [-0.2, -0.15) is 5.26 Å². The number of anilines is 1. The van der Waals surface area contributed by atoms with Crippen LogP contribution in [0.15, 0.2) is 23.2 Å². The second kappa shape index (κ2) is 6.50. The highest BCUT2D eigenvalue weighted by Crippen LogP contribution is 2.33. The standard InChI is InChI=1S/C14H14ClN5O2S/c1-8-11(7-19-14(17)20-8)10-5-9(3-2-4-16)13(15)12(6-10)23(18,21)22/h5-7H,2-3H2,1H3,(H2,17,19,20)(H2,18,21,22). The smallest absolute Gasteiger partial charge is 0.239 e. The second-order valence-corrected chi connectivity index (χ2v) is 6.79. The van der Waals surface area contributed by atoms with Crippen molar-refractivity contribution in [2.75, 3.05) is 5.73 Å². The van der Waals surface area contributed by atoms with Crippen molar-refractivity contribution >= 4 is 27.6 Å². The fraction of sp³-hybridized carbons (Fsp3) is 0.214. The van der Waals surface area contributed by atoms with Gasteiger partial charge in [0.05, 0.1) is 16.8 Å². The van der Waals surface area contributed by atoms with Crippen LogP contribution in [0.25, 0.3) is 11.1 Å². The van der Waals surface area contributed by atoms with Crippen LogP contribution in [0.3, 0.4) is 0 Å². The Labute approximate surface area is 139 Å². The van der Waals surface area contributed by atoms with Gasteiger partial charge in [0.15, 0.2) is 0 Å². The van der Waals surface area contributed by atoms with Crippen LogP contribution in [-0.2, 0) is 16.4 Å². The molecule has 0 saturated carbocycles. The number of nitrogens with two attached hydrogens (primary N) is 2. The molecule has 2 aromatic rings. The number of rotatable bonds is 4. The number of benzene rings is 1. The number of halogens is 1. The summed E-state index contributed by atoms with van der Waals surface area (Å²) >= 11 is 6.13. The number of aromatic nitrogens is 2. The fourth-order valence-corrected chi connectivity index (χ4v) is 3.36. The van der Waals surface area contributed by atoms with Gasteiger partial charge in [-0.1, -0.05) is 11.6 Å². The van der Waals surface area contributed by atoms with E-state index in [0.717, 1.165) is 0 Å². The Morgan fingerprint density at radius 2 is 2.09 bits per heavy atom. The minimum atomic E-state index is -4.01. The summed E-state index contributed by atoms with van der Waals surface area (Å²) in [7, 11) is -4.01. The Hall–Kier alpha value is -2.21. The van der Waals surface area contributed by atoms with Gasteiger partial charge in [0.25, 0.3) is 0 Å². The zero-order valence-electron chi connectivity index (χ0n) is 12.2. The van der Waals surface area contributed by atoms with E-state index in [-0.39, 0.29) is 22.3 Å². The number of primary sulfonamides is 1. The average molecular weight is 352 g/mol. The first kappa shape index (κ1) is 17.1. The molecule has 0 aliphatic carbocycles. The zero-order valence-corrected chi connectivity index (χ0v) is 13.8. The summed E-state index contributed by atoms with van der Waals surface area (Å²) in [6.07, 6.45) is 2.01. The van der Waals surface area contributed by atoms with Crippen LogP contribution in [0.2, 0.25) is 5.02 Å². The molecule has 1 aromatic carbocycles. The first-order valence-corrected chi connectivity index (χ1v) is 8.48. The van der Waals surface area contributed by atoms with Crippen molar-refractivity contribution in [3.63, 3.8) is 0 Å². The highest BCUT2D eigenvalue weighted by atomic mass is 35.5. The quantitative estimate of drug-likeness (QED) is 0.861. The highest BCUT2D eigenvalue weighted by Gasteiger charge is 2.19. The Morgan fingerprint density at radius 1 is 1.39 bits per heavy atom. The summed E-state index contributed by atoms with van der Waals surface area (Å²) in [5.74, 6) is 0.122. The molecular formula is C14H14ClN5O2S. The molecule has 4 N–H and O–H groups in total. The van der Waals surface area contributed by atoms with Crippen molar-refractivity contribution in [3.8, 4) is 17.2 Å². The molecular weight excluding hydrogens is 338 g/mol. The molecule has 0 aliphatic rings. The van der Waals surface area contributed by atoms with E-state index in [1.165, 1.54) is 12.3 Å². The summed E-state index contributed by atoms with van der Waals surface area (Å²) in [4.78, 5) is 7.79. The first-order chi connectivity index (χ1) is 10.7. The lowest BCUT2D eigenvalue weighted by Crippen LogP contribution is -2.14. The lowest BCUT2D eigenvalue weighted by atomic mass is 10.0. The molecule has 2 rings (SSSR count). The molecule has 0 bridgehead atoms. The van der Waals surface area contributed by atoms with E-state index in [9.17, 15) is 8.42 Å². The van der Waals surface area contributed by atoms with Gasteiger partial charge in [0, 0.05) is 18.2 Å². The number of hydrogen-bond acceptors (Lipinski definition) is 6. The molecule has 1 aromatic heterocycles. The molecule has 120 valence electrons. The van der Waals surface area contributed by atoms with Crippen molar-refractivity contribution < 1.29 is 8.42 Å². The number of nitrogen functional groups attached to an aromatic ring is 1. The zero-order chi connectivity index (χ0) is 17.2. The Morgan fingerprint density at radius 3 is 2.65 bits per heavy atom. The van der Waals surface area contributed by atoms with Crippen LogP contribution in [0.4, 0.5) is 5.95 Å². The van der Waals surface area contributed by atoms with Crippen LogP contribution in [0.1, 0.15) is 17.7 Å². The van der Waals surface area contributed by atoms with Crippen molar-refractivity contribution in [2.24, 2.45) is 5.14 Å². The summed E-state index contributed by atoms with van der Waals surface area (Å²) < 4.78 is 23.6. The largest absolute Gasteiger partial charge is 0.368 e. The third kappa shape index (κ3) is 3.76. The molecule has 9 heteroatoms. The lowest BCUT2D eigenvalue weighted by molar-refractivity contribution is 0.597. The molecule has 1 heterocycles. The van der Waals surface area contributed by atoms with Crippen LogP contribution in [0, 0.1) is 18.3 Å². The van der Waals surface area contributed by atoms with Gasteiger partial charge < -0.3 is 5.73 Å². The maximum absolute atomic E-state index is 11.8. The van der Waals surface area contributed by atoms with Gasteiger partial charge in [-0.15, -0.1) is 0 Å². The summed E-state index contributed by atoms with van der Waals surface area (Å²) in [5.41, 5.74) is 7.79. The topological polar surface area (TPSA) is 136 Å². The SMILES string of the molecule is Cc1nc(N)ncc1-c1cc(CCC#N)c(Cl)c(S(N)(=O)=O)c1. The van der Waals surface area contributed by atoms with Gasteiger partial charge in [0.1, 0.15) is 4.90 Å². The van der Waals surface area contributed by atoms with E-state index >= 15 is 0 Å². The molecule has 0 spiro atoms. The summed E-state index contributed by atoms with van der Waals surface area (Å²) in [6, 6.07) is 5.07. The van der Waals surface area contributed by atoms with E-state index < -0.39 is 10.0 Å². The van der Waals surface area contributed by atoms with Crippen molar-refractivity contribution in [1.82, 2.24) is 9.97 Å². The Bertz CT molecular complexity index is 906. The number of aryl methyl sites for hydroxylation is 2. The average Bonchev–Trinajstić information content (AvgIpc) is 2.45. The van der Waals surface area contributed by atoms with Crippen LogP contribution in [0.5, 0.6) is 0 Å². The van der Waals surface area contributed by atoms with Crippen molar-refractivity contribution in [1.29, 1.82) is 5.26 Å². The summed E-state index contributed by atoms with van der Waals surface area (Å²) in [6.45, 7) is 1.73. The minimum absolute atomic E-state index is 0.0283. The maximum atomic E-state index is 11.8. The third-order valence-electron chi connectivity index (χ3n) is 3.24. The minimum Gasteiger partial charge on any atom is -0.368 e. The van der Waals surface area contributed by atoms with Crippen LogP contribution in [-0.4, -0.2) is 18.4 Å². The Balaban J connectivity index is 2.71. The number of nitrogens with zero attached hydrogens (tertiary/aromatic N) is 3. The fourth-order valence-electron chi connectivity index (χ4n) is 2.16. The van der Waals surface area contributed by atoms with Gasteiger partial charge in [0.2, 0.25) is 16.0 Å². The van der Waals surface area contributed by atoms with Gasteiger partial charge in [-0.05, 0) is 36.6 Å². The van der Waals surface area contributed by atoms with Crippen molar-refractivity contribution in [3.05, 3.63) is 34.6 Å². The molecule has 0 saturated heterocycles.